The Morgan fingerprint density at radius 2 is 1.73 bits per heavy atom. The standard InChI is InChI=1S/C18H18Cl2O2/c1-12-4-3-5-13(2)17(12)18(11-22,8-9-21)14-6-7-15(19)16(20)10-14/h3-7,10-11,21H,8-9H2,1-2H3. The van der Waals surface area contributed by atoms with Gasteiger partial charge >= 0.3 is 0 Å². The number of carbonyl (C=O) groups is 1. The van der Waals surface area contributed by atoms with Crippen LogP contribution >= 0.6 is 23.2 Å². The van der Waals surface area contributed by atoms with Crippen molar-refractivity contribution in [3.8, 4) is 0 Å². The minimum atomic E-state index is -0.932. The molecule has 0 aliphatic rings. The number of benzene rings is 2. The molecular weight excluding hydrogens is 319 g/mol. The highest BCUT2D eigenvalue weighted by molar-refractivity contribution is 6.42. The molecule has 2 aromatic rings. The van der Waals surface area contributed by atoms with Crippen LogP contribution in [0.25, 0.3) is 0 Å². The first-order valence-electron chi connectivity index (χ1n) is 7.05. The summed E-state index contributed by atoms with van der Waals surface area (Å²) in [5.41, 5.74) is 2.73. The van der Waals surface area contributed by atoms with E-state index in [9.17, 15) is 9.90 Å². The number of aliphatic hydroxyl groups excluding tert-OH is 1. The molecule has 0 aliphatic carbocycles. The van der Waals surface area contributed by atoms with E-state index < -0.39 is 5.41 Å². The Bertz CT molecular complexity index is 677. The van der Waals surface area contributed by atoms with Crippen LogP contribution in [0.1, 0.15) is 28.7 Å². The van der Waals surface area contributed by atoms with Gasteiger partial charge in [-0.2, -0.15) is 0 Å². The van der Waals surface area contributed by atoms with Crippen molar-refractivity contribution >= 4 is 29.5 Å². The molecule has 0 aromatic heterocycles. The zero-order valence-corrected chi connectivity index (χ0v) is 14.1. The third-order valence-corrected chi connectivity index (χ3v) is 4.81. The third kappa shape index (κ3) is 2.91. The lowest BCUT2D eigenvalue weighted by molar-refractivity contribution is -0.111. The molecule has 0 spiro atoms. The molecule has 1 atom stereocenters. The molecule has 2 rings (SSSR count). The van der Waals surface area contributed by atoms with Gasteiger partial charge in [-0.05, 0) is 54.7 Å². The van der Waals surface area contributed by atoms with E-state index in [1.54, 1.807) is 18.2 Å². The second-order valence-corrected chi connectivity index (χ2v) is 6.27. The van der Waals surface area contributed by atoms with Crippen LogP contribution in [0.4, 0.5) is 0 Å². The summed E-state index contributed by atoms with van der Waals surface area (Å²) in [4.78, 5) is 12.1. The second-order valence-electron chi connectivity index (χ2n) is 5.46. The lowest BCUT2D eigenvalue weighted by Gasteiger charge is -2.32. The molecule has 0 heterocycles. The van der Waals surface area contributed by atoms with Crippen LogP contribution in [-0.4, -0.2) is 18.0 Å². The number of hydrogen-bond acceptors (Lipinski definition) is 2. The number of rotatable bonds is 5. The zero-order chi connectivity index (χ0) is 16.3. The van der Waals surface area contributed by atoms with E-state index in [0.29, 0.717) is 16.5 Å². The molecule has 22 heavy (non-hydrogen) atoms. The molecule has 0 aliphatic heterocycles. The van der Waals surface area contributed by atoms with Crippen LogP contribution in [0.3, 0.4) is 0 Å². The molecular formula is C18H18Cl2O2. The lowest BCUT2D eigenvalue weighted by atomic mass is 9.70. The monoisotopic (exact) mass is 336 g/mol. The largest absolute Gasteiger partial charge is 0.396 e. The van der Waals surface area contributed by atoms with Crippen molar-refractivity contribution in [3.05, 3.63) is 68.7 Å². The van der Waals surface area contributed by atoms with Gasteiger partial charge < -0.3 is 9.90 Å². The molecule has 0 saturated carbocycles. The van der Waals surface area contributed by atoms with E-state index >= 15 is 0 Å². The van der Waals surface area contributed by atoms with Crippen molar-refractivity contribution in [2.24, 2.45) is 0 Å². The maximum Gasteiger partial charge on any atom is 0.135 e. The van der Waals surface area contributed by atoms with Crippen LogP contribution in [0.2, 0.25) is 10.0 Å². The molecule has 1 N–H and O–H groups in total. The summed E-state index contributed by atoms with van der Waals surface area (Å²) >= 11 is 12.1. The summed E-state index contributed by atoms with van der Waals surface area (Å²) in [6.07, 6.45) is 1.19. The highest BCUT2D eigenvalue weighted by atomic mass is 35.5. The first-order chi connectivity index (χ1) is 10.5. The van der Waals surface area contributed by atoms with Crippen LogP contribution in [0, 0.1) is 13.8 Å². The van der Waals surface area contributed by atoms with E-state index in [4.69, 9.17) is 23.2 Å². The van der Waals surface area contributed by atoms with E-state index in [2.05, 4.69) is 0 Å². The minimum absolute atomic E-state index is 0.104. The van der Waals surface area contributed by atoms with E-state index in [1.807, 2.05) is 32.0 Å². The second kappa shape index (κ2) is 6.82. The van der Waals surface area contributed by atoms with E-state index in [0.717, 1.165) is 28.5 Å². The smallest absolute Gasteiger partial charge is 0.135 e. The topological polar surface area (TPSA) is 37.3 Å². The van der Waals surface area contributed by atoms with Crippen molar-refractivity contribution in [1.82, 2.24) is 0 Å². The Hall–Kier alpha value is -1.35. The quantitative estimate of drug-likeness (QED) is 0.817. The predicted octanol–water partition coefficient (Wildman–Crippen LogP) is 4.48. The number of hydrogen-bond donors (Lipinski definition) is 1. The summed E-state index contributed by atoms with van der Waals surface area (Å²) in [7, 11) is 0. The minimum Gasteiger partial charge on any atom is -0.396 e. The normalized spacial score (nSPS) is 13.7. The molecule has 116 valence electrons. The average molecular weight is 337 g/mol. The van der Waals surface area contributed by atoms with Gasteiger partial charge in [-0.25, -0.2) is 0 Å². The Morgan fingerprint density at radius 1 is 1.09 bits per heavy atom. The Balaban J connectivity index is 2.77. The summed E-state index contributed by atoms with van der Waals surface area (Å²) < 4.78 is 0. The summed E-state index contributed by atoms with van der Waals surface area (Å²) in [5.74, 6) is 0. The number of aldehydes is 1. The lowest BCUT2D eigenvalue weighted by Crippen LogP contribution is -2.33. The molecule has 0 bridgehead atoms. The maximum absolute atomic E-state index is 12.1. The third-order valence-electron chi connectivity index (χ3n) is 4.07. The summed E-state index contributed by atoms with van der Waals surface area (Å²) in [6, 6.07) is 11.1. The van der Waals surface area contributed by atoms with Crippen LogP contribution in [0.5, 0.6) is 0 Å². The fraction of sp³-hybridized carbons (Fsp3) is 0.278. The van der Waals surface area contributed by atoms with E-state index in [1.165, 1.54) is 0 Å². The van der Waals surface area contributed by atoms with Gasteiger partial charge in [-0.15, -0.1) is 0 Å². The van der Waals surface area contributed by atoms with Crippen LogP contribution in [0.15, 0.2) is 36.4 Å². The van der Waals surface area contributed by atoms with E-state index in [-0.39, 0.29) is 6.61 Å². The molecule has 0 saturated heterocycles. The first-order valence-corrected chi connectivity index (χ1v) is 7.81. The van der Waals surface area contributed by atoms with Crippen molar-refractivity contribution in [2.45, 2.75) is 25.7 Å². The average Bonchev–Trinajstić information content (AvgIpc) is 2.49. The van der Waals surface area contributed by atoms with Crippen molar-refractivity contribution in [3.63, 3.8) is 0 Å². The summed E-state index contributed by atoms with van der Waals surface area (Å²) in [5, 5.41) is 10.4. The molecule has 2 aromatic carbocycles. The summed E-state index contributed by atoms with van der Waals surface area (Å²) in [6.45, 7) is 3.83. The SMILES string of the molecule is Cc1cccc(C)c1C(C=O)(CCO)c1ccc(Cl)c(Cl)c1. The van der Waals surface area contributed by atoms with Gasteiger partial charge in [0.1, 0.15) is 6.29 Å². The van der Waals surface area contributed by atoms with Gasteiger partial charge in [0.2, 0.25) is 0 Å². The fourth-order valence-electron chi connectivity index (χ4n) is 3.07. The number of aliphatic hydroxyl groups is 1. The van der Waals surface area contributed by atoms with Gasteiger partial charge in [0.25, 0.3) is 0 Å². The molecule has 1 unspecified atom stereocenters. The van der Waals surface area contributed by atoms with Gasteiger partial charge in [0, 0.05) is 6.61 Å². The highest BCUT2D eigenvalue weighted by Gasteiger charge is 2.36. The zero-order valence-electron chi connectivity index (χ0n) is 12.6. The number of halogens is 2. The van der Waals surface area contributed by atoms with Gasteiger partial charge in [0.05, 0.1) is 15.5 Å². The van der Waals surface area contributed by atoms with Gasteiger partial charge in [0.15, 0.2) is 0 Å². The Labute approximate surface area is 140 Å². The molecule has 4 heteroatoms. The molecule has 0 amide bonds. The van der Waals surface area contributed by atoms with Gasteiger partial charge in [-0.3, -0.25) is 0 Å². The number of aryl methyl sites for hydroxylation is 2. The Kier molecular flexibility index (Phi) is 5.28. The fourth-order valence-corrected chi connectivity index (χ4v) is 3.37. The molecule has 0 radical (unpaired) electrons. The predicted molar refractivity (Wildman–Crippen MR) is 90.9 cm³/mol. The molecule has 0 fully saturated rings. The van der Waals surface area contributed by atoms with Crippen molar-refractivity contribution in [1.29, 1.82) is 0 Å². The maximum atomic E-state index is 12.1. The Morgan fingerprint density at radius 3 is 2.23 bits per heavy atom. The van der Waals surface area contributed by atoms with Gasteiger partial charge in [-0.1, -0.05) is 47.5 Å². The van der Waals surface area contributed by atoms with Crippen molar-refractivity contribution < 1.29 is 9.90 Å². The number of carbonyl (C=O) groups excluding carboxylic acids is 1. The highest BCUT2D eigenvalue weighted by Crippen LogP contribution is 2.39. The van der Waals surface area contributed by atoms with Crippen molar-refractivity contribution in [2.75, 3.05) is 6.61 Å². The molecule has 2 nitrogen and oxygen atoms in total. The van der Waals surface area contributed by atoms with Crippen LogP contribution in [-0.2, 0) is 10.2 Å². The first kappa shape index (κ1) is 17.0. The van der Waals surface area contributed by atoms with Crippen LogP contribution < -0.4 is 0 Å².